The maximum atomic E-state index is 13.2. The summed E-state index contributed by atoms with van der Waals surface area (Å²) < 4.78 is 43.7. The molecule has 3 heterocycles. The van der Waals surface area contributed by atoms with Gasteiger partial charge in [-0.15, -0.1) is 0 Å². The summed E-state index contributed by atoms with van der Waals surface area (Å²) in [6.45, 7) is -0.714. The van der Waals surface area contributed by atoms with Gasteiger partial charge in [-0.2, -0.15) is 0 Å². The SMILES string of the molecule is COc1cc(C(=O)NC2CCN(P(=O)(Cl)OC[C@@H]3CNC[C@H](n4cc(C)c(=O)[nH]c4=O)O3)CC2)cc(OC)c1OC. The van der Waals surface area contributed by atoms with Crippen LogP contribution >= 0.6 is 18.1 Å². The van der Waals surface area contributed by atoms with Gasteiger partial charge in [-0.25, -0.2) is 9.46 Å². The van der Waals surface area contributed by atoms with Crippen molar-refractivity contribution in [1.82, 2.24) is 24.9 Å². The molecule has 3 atom stereocenters. The van der Waals surface area contributed by atoms with E-state index in [1.807, 2.05) is 0 Å². The lowest BCUT2D eigenvalue weighted by atomic mass is 10.1. The van der Waals surface area contributed by atoms with Crippen molar-refractivity contribution in [3.63, 3.8) is 0 Å². The molecule has 14 nitrogen and oxygen atoms in total. The molecule has 16 heteroatoms. The van der Waals surface area contributed by atoms with Crippen molar-refractivity contribution in [2.24, 2.45) is 0 Å². The smallest absolute Gasteiger partial charge is 0.363 e. The van der Waals surface area contributed by atoms with Crippen molar-refractivity contribution in [1.29, 1.82) is 0 Å². The largest absolute Gasteiger partial charge is 0.493 e. The summed E-state index contributed by atoms with van der Waals surface area (Å²) in [5.74, 6) is 0.831. The molecule has 3 N–H and O–H groups in total. The molecule has 1 amide bonds. The highest BCUT2D eigenvalue weighted by atomic mass is 35.7. The second-order valence-electron chi connectivity index (χ2n) is 9.71. The van der Waals surface area contributed by atoms with Crippen LogP contribution < -0.4 is 36.1 Å². The molecule has 0 saturated carbocycles. The summed E-state index contributed by atoms with van der Waals surface area (Å²) in [6.07, 6.45) is 1.24. The first-order chi connectivity index (χ1) is 19.6. The van der Waals surface area contributed by atoms with Crippen molar-refractivity contribution in [2.45, 2.75) is 38.1 Å². The number of carbonyl (C=O) groups excluding carboxylic acids is 1. The van der Waals surface area contributed by atoms with Crippen LogP contribution in [0.3, 0.4) is 0 Å². The van der Waals surface area contributed by atoms with Gasteiger partial charge < -0.3 is 34.1 Å². The van der Waals surface area contributed by atoms with E-state index in [9.17, 15) is 18.9 Å². The van der Waals surface area contributed by atoms with Crippen LogP contribution in [0, 0.1) is 6.92 Å². The van der Waals surface area contributed by atoms with Crippen molar-refractivity contribution in [3.05, 3.63) is 50.3 Å². The number of ether oxygens (including phenoxy) is 4. The van der Waals surface area contributed by atoms with Crippen LogP contribution in [0.2, 0.25) is 0 Å². The zero-order chi connectivity index (χ0) is 29.7. The number of methoxy groups -OCH3 is 3. The molecule has 1 aromatic carbocycles. The van der Waals surface area contributed by atoms with Crippen LogP contribution in [0.5, 0.6) is 17.2 Å². The number of nitrogens with one attached hydrogen (secondary N) is 3. The van der Waals surface area contributed by atoms with Crippen molar-refractivity contribution in [3.8, 4) is 17.2 Å². The van der Waals surface area contributed by atoms with Crippen LogP contribution in [0.25, 0.3) is 0 Å². The Morgan fingerprint density at radius 2 is 1.78 bits per heavy atom. The highest BCUT2D eigenvalue weighted by Crippen LogP contribution is 2.57. The first-order valence-corrected chi connectivity index (χ1v) is 15.5. The minimum Gasteiger partial charge on any atom is -0.493 e. The first-order valence-electron chi connectivity index (χ1n) is 13.0. The van der Waals surface area contributed by atoms with E-state index in [-0.39, 0.29) is 18.6 Å². The molecule has 226 valence electrons. The molecule has 2 fully saturated rings. The summed E-state index contributed by atoms with van der Waals surface area (Å²) in [6, 6.07) is 2.99. The van der Waals surface area contributed by atoms with Gasteiger partial charge in [-0.05, 0) is 43.1 Å². The van der Waals surface area contributed by atoms with Crippen LogP contribution in [0.1, 0.15) is 35.0 Å². The zero-order valence-electron chi connectivity index (χ0n) is 23.3. The lowest BCUT2D eigenvalue weighted by Crippen LogP contribution is -2.48. The monoisotopic (exact) mass is 615 g/mol. The predicted octanol–water partition coefficient (Wildman–Crippen LogP) is 1.62. The lowest BCUT2D eigenvalue weighted by Gasteiger charge is -2.35. The Balaban J connectivity index is 1.29. The number of nitrogens with zero attached hydrogens (tertiary/aromatic N) is 2. The van der Waals surface area contributed by atoms with Gasteiger partial charge in [0, 0.05) is 49.5 Å². The Bertz CT molecular complexity index is 1380. The average molecular weight is 616 g/mol. The van der Waals surface area contributed by atoms with Gasteiger partial charge in [-0.1, -0.05) is 0 Å². The topological polar surface area (TPSA) is 162 Å². The number of aromatic amines is 1. The van der Waals surface area contributed by atoms with Gasteiger partial charge in [0.2, 0.25) is 5.75 Å². The molecular formula is C25H35ClN5O9P. The fourth-order valence-electron chi connectivity index (χ4n) is 4.74. The third-order valence-electron chi connectivity index (χ3n) is 6.99. The number of hydrogen-bond donors (Lipinski definition) is 3. The Hall–Kier alpha value is -2.87. The second kappa shape index (κ2) is 13.4. The van der Waals surface area contributed by atoms with Gasteiger partial charge in [0.15, 0.2) is 17.7 Å². The standard InChI is InChI=1S/C25H35ClN5O9P/c1-15-13-31(25(34)29-23(15)32)21-12-27-11-18(40-21)14-39-41(26,35)30-7-5-17(6-8-30)28-24(33)16-9-19(36-2)22(38-4)20(10-16)37-3/h9-10,13,17-18,21,27H,5-8,11-12,14H2,1-4H3,(H,28,33)(H,29,32,34)/t18-,21+,41?/m0/s1. The number of rotatable bonds is 10. The van der Waals surface area contributed by atoms with Gasteiger partial charge >= 0.3 is 12.6 Å². The molecule has 4 rings (SSSR count). The Morgan fingerprint density at radius 3 is 2.39 bits per heavy atom. The molecule has 0 aliphatic carbocycles. The van der Waals surface area contributed by atoms with E-state index in [1.165, 1.54) is 32.1 Å². The number of piperidine rings is 1. The van der Waals surface area contributed by atoms with Crippen LogP contribution in [0.4, 0.5) is 0 Å². The Morgan fingerprint density at radius 1 is 1.12 bits per heavy atom. The molecule has 2 aliphatic heterocycles. The van der Waals surface area contributed by atoms with E-state index in [2.05, 4.69) is 15.6 Å². The quantitative estimate of drug-likeness (QED) is 0.333. The number of morpholine rings is 1. The molecule has 41 heavy (non-hydrogen) atoms. The van der Waals surface area contributed by atoms with Gasteiger partial charge in [-0.3, -0.25) is 23.7 Å². The third-order valence-corrected chi connectivity index (χ3v) is 9.47. The highest BCUT2D eigenvalue weighted by molar-refractivity contribution is 7.83. The molecule has 2 aromatic rings. The molecular weight excluding hydrogens is 581 g/mol. The normalized spacial score (nSPS) is 21.6. The van der Waals surface area contributed by atoms with E-state index in [4.69, 9.17) is 34.7 Å². The molecule has 2 aliphatic rings. The minimum atomic E-state index is -3.68. The van der Waals surface area contributed by atoms with Gasteiger partial charge in [0.25, 0.3) is 11.5 Å². The average Bonchev–Trinajstić information content (AvgIpc) is 2.97. The number of aromatic nitrogens is 2. The number of hydrogen-bond acceptors (Lipinski definition) is 10. The fourth-order valence-corrected chi connectivity index (χ4v) is 6.58. The van der Waals surface area contributed by atoms with Gasteiger partial charge in [0.05, 0.1) is 34.0 Å². The van der Waals surface area contributed by atoms with E-state index in [0.717, 1.165) is 0 Å². The number of H-pyrrole nitrogens is 1. The van der Waals surface area contributed by atoms with Crippen LogP contribution in [-0.2, 0) is 13.8 Å². The minimum absolute atomic E-state index is 0.0703. The summed E-state index contributed by atoms with van der Waals surface area (Å²) in [4.78, 5) is 39.1. The van der Waals surface area contributed by atoms with Crippen molar-refractivity contribution < 1.29 is 32.8 Å². The van der Waals surface area contributed by atoms with E-state index in [0.29, 0.717) is 67.4 Å². The summed E-state index contributed by atoms with van der Waals surface area (Å²) in [5.41, 5.74) is -0.313. The van der Waals surface area contributed by atoms with Crippen LogP contribution in [0.15, 0.2) is 27.9 Å². The summed E-state index contributed by atoms with van der Waals surface area (Å²) in [7, 11) is 4.44. The Kier molecular flexibility index (Phi) is 10.2. The number of carbonyl (C=O) groups is 1. The summed E-state index contributed by atoms with van der Waals surface area (Å²) in [5, 5.41) is 6.15. The number of amides is 1. The predicted molar refractivity (Wildman–Crippen MR) is 150 cm³/mol. The van der Waals surface area contributed by atoms with E-state index in [1.54, 1.807) is 23.7 Å². The fraction of sp³-hybridized carbons (Fsp3) is 0.560. The van der Waals surface area contributed by atoms with Crippen molar-refractivity contribution in [2.75, 3.05) is 54.1 Å². The maximum Gasteiger partial charge on any atom is 0.363 e. The third kappa shape index (κ3) is 7.32. The molecule has 0 bridgehead atoms. The van der Waals surface area contributed by atoms with Gasteiger partial charge in [0.1, 0.15) is 0 Å². The molecule has 1 aromatic heterocycles. The van der Waals surface area contributed by atoms with Crippen molar-refractivity contribution >= 4 is 24.0 Å². The Labute approximate surface area is 241 Å². The second-order valence-corrected chi connectivity index (χ2v) is 12.7. The number of aryl methyl sites for hydroxylation is 1. The maximum absolute atomic E-state index is 13.2. The lowest BCUT2D eigenvalue weighted by molar-refractivity contribution is -0.0934. The van der Waals surface area contributed by atoms with E-state index < -0.39 is 30.5 Å². The van der Waals surface area contributed by atoms with Crippen LogP contribution in [-0.4, -0.2) is 86.4 Å². The summed E-state index contributed by atoms with van der Waals surface area (Å²) >= 11 is 6.36. The highest BCUT2D eigenvalue weighted by Gasteiger charge is 2.35. The number of benzene rings is 1. The first kappa shape index (κ1) is 31.1. The molecule has 0 spiro atoms. The zero-order valence-corrected chi connectivity index (χ0v) is 25.0. The number of halogens is 1. The molecule has 2 saturated heterocycles. The molecule has 1 unspecified atom stereocenters. The van der Waals surface area contributed by atoms with E-state index >= 15 is 0 Å². The molecule has 0 radical (unpaired) electrons.